The molecule has 1 aromatic carbocycles. The summed E-state index contributed by atoms with van der Waals surface area (Å²) in [6.45, 7) is 3.93. The predicted molar refractivity (Wildman–Crippen MR) is 146 cm³/mol. The maximum absolute atomic E-state index is 11.4. The van der Waals surface area contributed by atoms with E-state index in [1.807, 2.05) is 48.5 Å². The van der Waals surface area contributed by atoms with Crippen molar-refractivity contribution < 1.29 is 19.1 Å². The van der Waals surface area contributed by atoms with Gasteiger partial charge in [0, 0.05) is 11.1 Å². The van der Waals surface area contributed by atoms with E-state index in [2.05, 4.69) is 31.2 Å². The van der Waals surface area contributed by atoms with E-state index >= 15 is 0 Å². The fraction of sp³-hybridized carbons (Fsp3) is 0.167. The number of pyridine rings is 2. The largest absolute Gasteiger partial charge is 0.450 e. The normalized spacial score (nSPS) is 10.1. The smallest absolute Gasteiger partial charge is 0.413 e. The SMILES string of the molecule is CCOC(=O)NC(=S)Nc1ccc(-c2ccc(-c3ccc(NC(=S)NC(=O)OCC)cn3)cc2)nc1. The van der Waals surface area contributed by atoms with Crippen LogP contribution in [0.2, 0.25) is 0 Å². The molecule has 0 aliphatic heterocycles. The van der Waals surface area contributed by atoms with Crippen LogP contribution in [0.15, 0.2) is 60.9 Å². The monoisotopic (exact) mass is 524 g/mol. The van der Waals surface area contributed by atoms with Crippen molar-refractivity contribution in [1.29, 1.82) is 0 Å². The number of anilines is 2. The first-order chi connectivity index (χ1) is 17.4. The van der Waals surface area contributed by atoms with Gasteiger partial charge in [0.05, 0.1) is 48.4 Å². The highest BCUT2D eigenvalue weighted by molar-refractivity contribution is 7.80. The van der Waals surface area contributed by atoms with Crippen LogP contribution < -0.4 is 21.3 Å². The van der Waals surface area contributed by atoms with Gasteiger partial charge in [0.25, 0.3) is 0 Å². The molecule has 0 saturated heterocycles. The lowest BCUT2D eigenvalue weighted by molar-refractivity contribution is 0.157. The lowest BCUT2D eigenvalue weighted by Gasteiger charge is -2.10. The molecule has 3 aromatic rings. The minimum atomic E-state index is -0.616. The highest BCUT2D eigenvalue weighted by Gasteiger charge is 2.08. The number of carbonyl (C=O) groups is 2. The van der Waals surface area contributed by atoms with Crippen molar-refractivity contribution in [1.82, 2.24) is 20.6 Å². The Labute approximate surface area is 218 Å². The lowest BCUT2D eigenvalue weighted by Crippen LogP contribution is -2.34. The summed E-state index contributed by atoms with van der Waals surface area (Å²) in [5.74, 6) is 0. The number of hydrogen-bond acceptors (Lipinski definition) is 8. The third-order valence-electron chi connectivity index (χ3n) is 4.50. The van der Waals surface area contributed by atoms with Crippen molar-refractivity contribution in [2.24, 2.45) is 0 Å². The molecule has 3 rings (SSSR count). The standard InChI is InChI=1S/C24H24N6O4S2/c1-3-33-23(31)29-21(35)27-17-9-11-19(25-13-17)15-5-7-16(8-6-15)20-12-10-18(14-26-20)28-22(36)30-24(32)34-4-2/h5-14H,3-4H2,1-2H3,(H2,27,29,31,35)(H2,28,30,32,36). The summed E-state index contributed by atoms with van der Waals surface area (Å²) in [6, 6.07) is 15.1. The number of benzene rings is 1. The van der Waals surface area contributed by atoms with Crippen molar-refractivity contribution in [2.45, 2.75) is 13.8 Å². The van der Waals surface area contributed by atoms with Crippen LogP contribution in [0.3, 0.4) is 0 Å². The summed E-state index contributed by atoms with van der Waals surface area (Å²) in [7, 11) is 0. The third kappa shape index (κ3) is 7.96. The minimum Gasteiger partial charge on any atom is -0.450 e. The molecule has 0 radical (unpaired) electrons. The van der Waals surface area contributed by atoms with Gasteiger partial charge in [-0.1, -0.05) is 24.3 Å². The first kappa shape index (κ1) is 26.4. The van der Waals surface area contributed by atoms with E-state index in [0.29, 0.717) is 11.4 Å². The van der Waals surface area contributed by atoms with E-state index in [0.717, 1.165) is 22.5 Å². The average Bonchev–Trinajstić information content (AvgIpc) is 2.85. The van der Waals surface area contributed by atoms with Crippen molar-refractivity contribution in [2.75, 3.05) is 23.8 Å². The van der Waals surface area contributed by atoms with Gasteiger partial charge < -0.3 is 20.1 Å². The topological polar surface area (TPSA) is 127 Å². The van der Waals surface area contributed by atoms with Crippen molar-refractivity contribution in [3.63, 3.8) is 0 Å². The zero-order chi connectivity index (χ0) is 25.9. The van der Waals surface area contributed by atoms with Crippen molar-refractivity contribution in [3.8, 4) is 22.5 Å². The molecule has 186 valence electrons. The molecular weight excluding hydrogens is 500 g/mol. The van der Waals surface area contributed by atoms with E-state index in [4.69, 9.17) is 33.9 Å². The van der Waals surface area contributed by atoms with Gasteiger partial charge in [-0.15, -0.1) is 0 Å². The molecule has 0 saturated carbocycles. The molecule has 0 bridgehead atoms. The van der Waals surface area contributed by atoms with Gasteiger partial charge >= 0.3 is 12.2 Å². The number of amides is 2. The quantitative estimate of drug-likeness (QED) is 0.337. The van der Waals surface area contributed by atoms with E-state index in [9.17, 15) is 9.59 Å². The Balaban J connectivity index is 1.58. The molecule has 0 aliphatic carbocycles. The van der Waals surface area contributed by atoms with Crippen LogP contribution >= 0.6 is 24.4 Å². The number of nitrogens with one attached hydrogen (secondary N) is 4. The van der Waals surface area contributed by atoms with Gasteiger partial charge in [-0.2, -0.15) is 0 Å². The minimum absolute atomic E-state index is 0.123. The molecule has 12 heteroatoms. The molecule has 0 fully saturated rings. The maximum Gasteiger partial charge on any atom is 0.413 e. The van der Waals surface area contributed by atoms with Crippen LogP contribution in [0, 0.1) is 0 Å². The molecular formula is C24H24N6O4S2. The summed E-state index contributed by atoms with van der Waals surface area (Å²) < 4.78 is 9.57. The summed E-state index contributed by atoms with van der Waals surface area (Å²) >= 11 is 10.2. The number of rotatable bonds is 6. The Kier molecular flexibility index (Phi) is 9.60. The highest BCUT2D eigenvalue weighted by atomic mass is 32.1. The number of alkyl carbamates (subject to hydrolysis) is 2. The predicted octanol–water partition coefficient (Wildman–Crippen LogP) is 4.70. The first-order valence-corrected chi connectivity index (χ1v) is 11.7. The maximum atomic E-state index is 11.4. The molecule has 2 aromatic heterocycles. The van der Waals surface area contributed by atoms with E-state index in [1.165, 1.54) is 0 Å². The van der Waals surface area contributed by atoms with E-state index < -0.39 is 12.2 Å². The molecule has 0 atom stereocenters. The second kappa shape index (κ2) is 13.1. The average molecular weight is 525 g/mol. The van der Waals surface area contributed by atoms with Gasteiger partial charge in [-0.3, -0.25) is 20.6 Å². The number of thiocarbonyl (C=S) groups is 2. The van der Waals surface area contributed by atoms with Gasteiger partial charge in [-0.25, -0.2) is 9.59 Å². The molecule has 0 aliphatic rings. The van der Waals surface area contributed by atoms with Gasteiger partial charge in [-0.05, 0) is 62.5 Å². The summed E-state index contributed by atoms with van der Waals surface area (Å²) in [6.07, 6.45) is 2.01. The van der Waals surface area contributed by atoms with Crippen LogP contribution in [0.4, 0.5) is 21.0 Å². The first-order valence-electron chi connectivity index (χ1n) is 10.9. The van der Waals surface area contributed by atoms with Gasteiger partial charge in [0.2, 0.25) is 0 Å². The summed E-state index contributed by atoms with van der Waals surface area (Å²) in [5.41, 5.74) is 4.65. The third-order valence-corrected chi connectivity index (χ3v) is 4.91. The van der Waals surface area contributed by atoms with E-state index in [-0.39, 0.29) is 23.4 Å². The van der Waals surface area contributed by atoms with Crippen LogP contribution in [0.5, 0.6) is 0 Å². The summed E-state index contributed by atoms with van der Waals surface area (Å²) in [4.78, 5) is 31.7. The Morgan fingerprint density at radius 3 is 1.39 bits per heavy atom. The second-order valence-corrected chi connectivity index (χ2v) is 7.86. The van der Waals surface area contributed by atoms with Crippen LogP contribution in [0.25, 0.3) is 22.5 Å². The fourth-order valence-corrected chi connectivity index (χ4v) is 3.34. The number of aromatic nitrogens is 2. The Morgan fingerprint density at radius 1 is 0.694 bits per heavy atom. The Morgan fingerprint density at radius 2 is 1.08 bits per heavy atom. The Bertz CT molecular complexity index is 1120. The molecule has 0 unspecified atom stereocenters. The summed E-state index contributed by atoms with van der Waals surface area (Å²) in [5, 5.41) is 10.8. The van der Waals surface area contributed by atoms with Crippen molar-refractivity contribution >= 4 is 58.2 Å². The molecule has 0 spiro atoms. The zero-order valence-corrected chi connectivity index (χ0v) is 21.2. The van der Waals surface area contributed by atoms with Gasteiger partial charge in [0.15, 0.2) is 10.2 Å². The molecule has 10 nitrogen and oxygen atoms in total. The molecule has 36 heavy (non-hydrogen) atoms. The number of hydrogen-bond donors (Lipinski definition) is 4. The number of nitrogens with zero attached hydrogens (tertiary/aromatic N) is 2. The highest BCUT2D eigenvalue weighted by Crippen LogP contribution is 2.24. The number of ether oxygens (including phenoxy) is 2. The van der Waals surface area contributed by atoms with E-state index in [1.54, 1.807) is 26.2 Å². The molecule has 2 amide bonds. The van der Waals surface area contributed by atoms with Crippen LogP contribution in [0.1, 0.15) is 13.8 Å². The second-order valence-electron chi connectivity index (χ2n) is 7.04. The number of carbonyl (C=O) groups excluding carboxylic acids is 2. The van der Waals surface area contributed by atoms with Gasteiger partial charge in [0.1, 0.15) is 0 Å². The van der Waals surface area contributed by atoms with Crippen LogP contribution in [-0.2, 0) is 9.47 Å². The molecule has 2 heterocycles. The molecule has 4 N–H and O–H groups in total. The lowest BCUT2D eigenvalue weighted by atomic mass is 10.1. The fourth-order valence-electron chi connectivity index (χ4n) is 2.93. The van der Waals surface area contributed by atoms with Crippen molar-refractivity contribution in [3.05, 3.63) is 60.9 Å². The zero-order valence-electron chi connectivity index (χ0n) is 19.5. The Hall–Kier alpha value is -4.16. The van der Waals surface area contributed by atoms with Crippen LogP contribution in [-0.4, -0.2) is 45.6 Å².